The number of hydrogen-bond donors (Lipinski definition) is 0. The van der Waals surface area contributed by atoms with E-state index >= 15 is 0 Å². The lowest BCUT2D eigenvalue weighted by molar-refractivity contribution is 1.20. The molecule has 0 aliphatic rings. The predicted octanol–water partition coefficient (Wildman–Crippen LogP) is 4.75. The summed E-state index contributed by atoms with van der Waals surface area (Å²) >= 11 is 0. The third kappa shape index (κ3) is 3.35. The monoisotopic (exact) mass is 219 g/mol. The SMILES string of the molecule is [2H]/C(=C\c1ccccc1)[Si](CC)(CC)CC. The summed E-state index contributed by atoms with van der Waals surface area (Å²) in [6.45, 7) is 6.73. The standard InChI is InChI=1S/C14H22Si/c1-4-15(5-2,6-3)13-12-14-10-8-7-9-11-14/h7-13H,4-6H2,1-3H3/b13-12+/i13D. The van der Waals surface area contributed by atoms with Gasteiger partial charge in [0.1, 0.15) is 0 Å². The molecule has 0 heterocycles. The topological polar surface area (TPSA) is 0 Å². The first-order valence-corrected chi connectivity index (χ1v) is 8.54. The van der Waals surface area contributed by atoms with E-state index < -0.39 is 8.07 Å². The van der Waals surface area contributed by atoms with E-state index in [-0.39, 0.29) is 0 Å². The minimum Gasteiger partial charge on any atom is -0.0936 e. The van der Waals surface area contributed by atoms with Gasteiger partial charge in [0, 0.05) is 0 Å². The highest BCUT2D eigenvalue weighted by Crippen LogP contribution is 2.22. The van der Waals surface area contributed by atoms with Crippen molar-refractivity contribution in [3.8, 4) is 0 Å². The van der Waals surface area contributed by atoms with Crippen molar-refractivity contribution >= 4 is 14.1 Å². The fourth-order valence-electron chi connectivity index (χ4n) is 1.84. The van der Waals surface area contributed by atoms with Crippen molar-refractivity contribution in [2.45, 2.75) is 38.9 Å². The van der Waals surface area contributed by atoms with Gasteiger partial charge in [-0.25, -0.2) is 0 Å². The first-order valence-electron chi connectivity index (χ1n) is 6.42. The van der Waals surface area contributed by atoms with Crippen molar-refractivity contribution in [1.82, 2.24) is 0 Å². The Balaban J connectivity index is 2.99. The Morgan fingerprint density at radius 1 is 1.07 bits per heavy atom. The first-order chi connectivity index (χ1) is 7.68. The molecule has 0 fully saturated rings. The highest BCUT2D eigenvalue weighted by Gasteiger charge is 2.22. The van der Waals surface area contributed by atoms with Crippen LogP contribution >= 0.6 is 0 Å². The normalized spacial score (nSPS) is 13.8. The van der Waals surface area contributed by atoms with E-state index in [0.717, 1.165) is 5.68 Å². The Bertz CT molecular complexity index is 331. The minimum atomic E-state index is -1.48. The van der Waals surface area contributed by atoms with Crippen molar-refractivity contribution in [2.24, 2.45) is 0 Å². The van der Waals surface area contributed by atoms with Crippen LogP contribution in [0.1, 0.15) is 27.7 Å². The maximum Gasteiger partial charge on any atom is 0.0770 e. The van der Waals surface area contributed by atoms with Crippen LogP contribution in [0.4, 0.5) is 0 Å². The summed E-state index contributed by atoms with van der Waals surface area (Å²) in [6, 6.07) is 13.8. The van der Waals surface area contributed by atoms with Gasteiger partial charge >= 0.3 is 0 Å². The Morgan fingerprint density at radius 2 is 1.60 bits per heavy atom. The molecule has 0 N–H and O–H groups in total. The van der Waals surface area contributed by atoms with E-state index in [1.807, 2.05) is 18.2 Å². The number of hydrogen-bond acceptors (Lipinski definition) is 0. The van der Waals surface area contributed by atoms with Gasteiger partial charge in [0.15, 0.2) is 0 Å². The van der Waals surface area contributed by atoms with E-state index in [4.69, 9.17) is 1.37 Å². The van der Waals surface area contributed by atoms with E-state index in [1.165, 1.54) is 23.7 Å². The van der Waals surface area contributed by atoms with E-state index in [9.17, 15) is 0 Å². The second-order valence-electron chi connectivity index (χ2n) is 4.04. The highest BCUT2D eigenvalue weighted by molar-refractivity contribution is 6.84. The van der Waals surface area contributed by atoms with E-state index in [2.05, 4.69) is 39.0 Å². The molecule has 0 aliphatic heterocycles. The molecule has 1 aromatic carbocycles. The molecule has 0 saturated heterocycles. The summed E-state index contributed by atoms with van der Waals surface area (Å²) in [7, 11) is -1.48. The van der Waals surface area contributed by atoms with Crippen LogP contribution in [0, 0.1) is 0 Å². The maximum absolute atomic E-state index is 8.34. The van der Waals surface area contributed by atoms with Gasteiger partial charge in [-0.05, 0) is 5.56 Å². The lowest BCUT2D eigenvalue weighted by Crippen LogP contribution is -2.28. The van der Waals surface area contributed by atoms with Crippen LogP contribution in [0.25, 0.3) is 6.08 Å². The summed E-state index contributed by atoms with van der Waals surface area (Å²) in [6.07, 6.45) is 2.07. The molecule has 0 amide bonds. The molecule has 0 bridgehead atoms. The Hall–Kier alpha value is -0.823. The summed E-state index contributed by atoms with van der Waals surface area (Å²) in [5.74, 6) is 0. The molecule has 1 heteroatoms. The van der Waals surface area contributed by atoms with Crippen LogP contribution in [0.2, 0.25) is 18.1 Å². The second-order valence-corrected chi connectivity index (χ2v) is 9.01. The molecule has 0 radical (unpaired) electrons. The summed E-state index contributed by atoms with van der Waals surface area (Å²) in [5, 5.41) is 0. The predicted molar refractivity (Wildman–Crippen MR) is 72.7 cm³/mol. The Morgan fingerprint density at radius 3 is 2.07 bits per heavy atom. The van der Waals surface area contributed by atoms with Crippen molar-refractivity contribution in [2.75, 3.05) is 0 Å². The highest BCUT2D eigenvalue weighted by atomic mass is 28.3. The van der Waals surface area contributed by atoms with E-state index in [0.29, 0.717) is 0 Å². The van der Waals surface area contributed by atoms with Gasteiger partial charge in [-0.15, -0.1) is 0 Å². The third-order valence-corrected chi connectivity index (χ3v) is 8.19. The van der Waals surface area contributed by atoms with Gasteiger partial charge in [0.2, 0.25) is 0 Å². The average molecular weight is 219 g/mol. The van der Waals surface area contributed by atoms with Gasteiger partial charge in [-0.3, -0.25) is 0 Å². The molecule has 82 valence electrons. The zero-order valence-corrected chi connectivity index (χ0v) is 11.1. The zero-order valence-electron chi connectivity index (χ0n) is 11.1. The summed E-state index contributed by atoms with van der Waals surface area (Å²) in [4.78, 5) is 0. The Kier molecular flexibility index (Phi) is 4.21. The van der Waals surface area contributed by atoms with Gasteiger partial charge in [-0.1, -0.05) is 81.0 Å². The van der Waals surface area contributed by atoms with Crippen molar-refractivity contribution < 1.29 is 1.37 Å². The van der Waals surface area contributed by atoms with E-state index in [1.54, 1.807) is 0 Å². The van der Waals surface area contributed by atoms with Crippen molar-refractivity contribution in [1.29, 1.82) is 0 Å². The fraction of sp³-hybridized carbons (Fsp3) is 0.429. The minimum absolute atomic E-state index is 0.909. The molecular formula is C14H22Si. The average Bonchev–Trinajstić information content (AvgIpc) is 2.33. The molecule has 0 nitrogen and oxygen atoms in total. The maximum atomic E-state index is 8.34. The quantitative estimate of drug-likeness (QED) is 0.627. The zero-order chi connectivity index (χ0) is 12.0. The molecule has 15 heavy (non-hydrogen) atoms. The van der Waals surface area contributed by atoms with Crippen LogP contribution < -0.4 is 0 Å². The van der Waals surface area contributed by atoms with Crippen LogP contribution in [-0.2, 0) is 0 Å². The van der Waals surface area contributed by atoms with Gasteiger partial charge in [0.05, 0.1) is 9.44 Å². The van der Waals surface area contributed by atoms with Crippen molar-refractivity contribution in [3.63, 3.8) is 0 Å². The molecule has 0 unspecified atom stereocenters. The molecule has 1 aromatic rings. The largest absolute Gasteiger partial charge is 0.0936 e. The molecule has 0 saturated carbocycles. The third-order valence-electron chi connectivity index (χ3n) is 3.37. The summed E-state index contributed by atoms with van der Waals surface area (Å²) < 4.78 is 8.34. The lowest BCUT2D eigenvalue weighted by atomic mass is 10.2. The van der Waals surface area contributed by atoms with Crippen LogP contribution in [-0.4, -0.2) is 8.07 Å². The van der Waals surface area contributed by atoms with Crippen LogP contribution in [0.5, 0.6) is 0 Å². The molecule has 0 atom stereocenters. The molecule has 0 aromatic heterocycles. The number of benzene rings is 1. The fourth-order valence-corrected chi connectivity index (χ4v) is 4.43. The van der Waals surface area contributed by atoms with Crippen LogP contribution in [0.3, 0.4) is 0 Å². The second kappa shape index (κ2) is 5.91. The van der Waals surface area contributed by atoms with Crippen LogP contribution in [0.15, 0.2) is 36.0 Å². The first kappa shape index (κ1) is 10.7. The smallest absolute Gasteiger partial charge is 0.0770 e. The Labute approximate surface area is 96.4 Å². The molecule has 0 spiro atoms. The van der Waals surface area contributed by atoms with Gasteiger partial charge < -0.3 is 0 Å². The number of rotatable bonds is 5. The molecule has 0 aliphatic carbocycles. The van der Waals surface area contributed by atoms with Crippen molar-refractivity contribution in [3.05, 3.63) is 41.6 Å². The van der Waals surface area contributed by atoms with Gasteiger partial charge in [-0.2, -0.15) is 0 Å². The molecule has 1 rings (SSSR count). The molecular weight excluding hydrogens is 196 g/mol. The van der Waals surface area contributed by atoms with Gasteiger partial charge in [0.25, 0.3) is 0 Å². The summed E-state index contributed by atoms with van der Waals surface area (Å²) in [5.41, 5.74) is 2.07. The lowest BCUT2D eigenvalue weighted by Gasteiger charge is -2.23.